The summed E-state index contributed by atoms with van der Waals surface area (Å²) < 4.78 is 14.0. The fourth-order valence-corrected chi connectivity index (χ4v) is 2.23. The summed E-state index contributed by atoms with van der Waals surface area (Å²) in [5.74, 6) is -0.286. The van der Waals surface area contributed by atoms with Crippen LogP contribution in [0.5, 0.6) is 5.75 Å². The Bertz CT molecular complexity index is 792. The van der Waals surface area contributed by atoms with Crippen molar-refractivity contribution in [3.05, 3.63) is 66.0 Å². The Morgan fingerprint density at radius 1 is 0.900 bits per heavy atom. The van der Waals surface area contributed by atoms with Crippen LogP contribution in [0.4, 0.5) is 4.39 Å². The van der Waals surface area contributed by atoms with Crippen LogP contribution < -0.4 is 0 Å². The molecule has 0 fully saturated rings. The number of aromatic hydroxyl groups is 1. The largest absolute Gasteiger partial charge is 0.508 e. The van der Waals surface area contributed by atoms with E-state index in [2.05, 4.69) is 0 Å². The first-order chi connectivity index (χ1) is 9.69. The van der Waals surface area contributed by atoms with Crippen molar-refractivity contribution < 1.29 is 14.3 Å². The monoisotopic (exact) mass is 266 g/mol. The summed E-state index contributed by atoms with van der Waals surface area (Å²) in [7, 11) is 0. The van der Waals surface area contributed by atoms with Crippen molar-refractivity contribution in [2.75, 3.05) is 0 Å². The molecule has 98 valence electrons. The van der Waals surface area contributed by atoms with E-state index in [-0.39, 0.29) is 11.3 Å². The van der Waals surface area contributed by atoms with Crippen molar-refractivity contribution >= 4 is 17.1 Å². The van der Waals surface area contributed by atoms with Crippen molar-refractivity contribution in [2.24, 2.45) is 0 Å². The first-order valence-corrected chi connectivity index (χ1v) is 6.16. The number of halogens is 1. The normalized spacial score (nSPS) is 10.7. The van der Waals surface area contributed by atoms with Crippen LogP contribution in [-0.2, 0) is 0 Å². The van der Waals surface area contributed by atoms with Gasteiger partial charge in [0.05, 0.1) is 5.56 Å². The highest BCUT2D eigenvalue weighted by molar-refractivity contribution is 5.92. The predicted molar refractivity (Wildman–Crippen MR) is 76.4 cm³/mol. The SMILES string of the molecule is O=Cc1ccc2cc(-c3ccc(O)cc3)ccc2c1F. The van der Waals surface area contributed by atoms with Gasteiger partial charge in [0.1, 0.15) is 11.6 Å². The maximum Gasteiger partial charge on any atom is 0.153 e. The van der Waals surface area contributed by atoms with Crippen molar-refractivity contribution in [1.29, 1.82) is 0 Å². The second kappa shape index (κ2) is 4.78. The number of hydrogen-bond donors (Lipinski definition) is 1. The quantitative estimate of drug-likeness (QED) is 0.707. The minimum atomic E-state index is -0.491. The molecule has 0 saturated carbocycles. The summed E-state index contributed by atoms with van der Waals surface area (Å²) in [5, 5.41) is 10.4. The lowest BCUT2D eigenvalue weighted by atomic mass is 9.99. The lowest BCUT2D eigenvalue weighted by Crippen LogP contribution is -1.89. The lowest BCUT2D eigenvalue weighted by Gasteiger charge is -2.06. The summed E-state index contributed by atoms with van der Waals surface area (Å²) >= 11 is 0. The van der Waals surface area contributed by atoms with Crippen molar-refractivity contribution in [3.63, 3.8) is 0 Å². The van der Waals surface area contributed by atoms with Gasteiger partial charge in [-0.1, -0.05) is 30.3 Å². The number of hydrogen-bond acceptors (Lipinski definition) is 2. The Morgan fingerprint density at radius 2 is 1.60 bits per heavy atom. The van der Waals surface area contributed by atoms with E-state index in [4.69, 9.17) is 0 Å². The number of rotatable bonds is 2. The molecule has 3 aromatic rings. The molecule has 3 heteroatoms. The molecule has 1 N–H and O–H groups in total. The number of carbonyl (C=O) groups excluding carboxylic acids is 1. The fraction of sp³-hybridized carbons (Fsp3) is 0. The zero-order valence-electron chi connectivity index (χ0n) is 10.5. The van der Waals surface area contributed by atoms with E-state index in [9.17, 15) is 14.3 Å². The minimum absolute atomic E-state index is 0.0647. The van der Waals surface area contributed by atoms with Gasteiger partial charge in [0.15, 0.2) is 6.29 Å². The molecule has 3 aromatic carbocycles. The van der Waals surface area contributed by atoms with Gasteiger partial charge in [-0.15, -0.1) is 0 Å². The Morgan fingerprint density at radius 3 is 2.30 bits per heavy atom. The maximum atomic E-state index is 14.0. The number of carbonyl (C=O) groups is 1. The van der Waals surface area contributed by atoms with Gasteiger partial charge in [-0.25, -0.2) is 4.39 Å². The Hall–Kier alpha value is -2.68. The summed E-state index contributed by atoms with van der Waals surface area (Å²) in [6.45, 7) is 0. The molecule has 0 aromatic heterocycles. The van der Waals surface area contributed by atoms with Gasteiger partial charge in [0.2, 0.25) is 0 Å². The van der Waals surface area contributed by atoms with Crippen LogP contribution in [0.1, 0.15) is 10.4 Å². The molecule has 20 heavy (non-hydrogen) atoms. The summed E-state index contributed by atoms with van der Waals surface area (Å²) in [6.07, 6.45) is 0.517. The van der Waals surface area contributed by atoms with Gasteiger partial charge in [-0.05, 0) is 40.8 Å². The fourth-order valence-electron chi connectivity index (χ4n) is 2.23. The van der Waals surface area contributed by atoms with E-state index in [1.165, 1.54) is 6.07 Å². The van der Waals surface area contributed by atoms with E-state index in [0.29, 0.717) is 11.7 Å². The van der Waals surface area contributed by atoms with E-state index in [1.54, 1.807) is 42.5 Å². The molecule has 0 radical (unpaired) electrons. The zero-order valence-corrected chi connectivity index (χ0v) is 10.5. The molecule has 0 bridgehead atoms. The van der Waals surface area contributed by atoms with Crippen molar-refractivity contribution in [3.8, 4) is 16.9 Å². The lowest BCUT2D eigenvalue weighted by molar-refractivity contribution is 0.112. The molecule has 0 amide bonds. The van der Waals surface area contributed by atoms with E-state index in [0.717, 1.165) is 16.5 Å². The van der Waals surface area contributed by atoms with Gasteiger partial charge in [0.25, 0.3) is 0 Å². The first kappa shape index (κ1) is 12.4. The van der Waals surface area contributed by atoms with Crippen molar-refractivity contribution in [2.45, 2.75) is 0 Å². The van der Waals surface area contributed by atoms with Crippen LogP contribution in [0.3, 0.4) is 0 Å². The molecule has 0 atom stereocenters. The highest BCUT2D eigenvalue weighted by atomic mass is 19.1. The van der Waals surface area contributed by atoms with E-state index >= 15 is 0 Å². The number of aldehydes is 1. The standard InChI is InChI=1S/C17H11FO2/c18-17-14(10-19)2-1-13-9-12(5-8-16(13)17)11-3-6-15(20)7-4-11/h1-10,20H. The number of benzene rings is 3. The topological polar surface area (TPSA) is 37.3 Å². The first-order valence-electron chi connectivity index (χ1n) is 6.16. The van der Waals surface area contributed by atoms with Crippen LogP contribution in [0.15, 0.2) is 54.6 Å². The third-order valence-electron chi connectivity index (χ3n) is 3.31. The molecule has 0 unspecified atom stereocenters. The molecule has 3 rings (SSSR count). The second-order valence-electron chi connectivity index (χ2n) is 4.57. The minimum Gasteiger partial charge on any atom is -0.508 e. The molecular weight excluding hydrogens is 255 g/mol. The van der Waals surface area contributed by atoms with Crippen LogP contribution in [0.2, 0.25) is 0 Å². The third kappa shape index (κ3) is 2.03. The third-order valence-corrected chi connectivity index (χ3v) is 3.31. The molecule has 0 aliphatic rings. The van der Waals surface area contributed by atoms with Crippen LogP contribution >= 0.6 is 0 Å². The Balaban J connectivity index is 2.16. The zero-order chi connectivity index (χ0) is 14.1. The molecule has 0 aliphatic heterocycles. The van der Waals surface area contributed by atoms with Crippen LogP contribution in [0.25, 0.3) is 21.9 Å². The summed E-state index contributed by atoms with van der Waals surface area (Å²) in [4.78, 5) is 10.7. The average molecular weight is 266 g/mol. The number of phenolic OH excluding ortho intramolecular Hbond substituents is 1. The van der Waals surface area contributed by atoms with Gasteiger partial charge >= 0.3 is 0 Å². The van der Waals surface area contributed by atoms with Gasteiger partial charge in [0, 0.05) is 5.39 Å². The van der Waals surface area contributed by atoms with Gasteiger partial charge in [-0.2, -0.15) is 0 Å². The molecular formula is C17H11FO2. The number of phenols is 1. The molecule has 0 saturated heterocycles. The summed E-state index contributed by atoms with van der Waals surface area (Å²) in [6, 6.07) is 15.3. The predicted octanol–water partition coefficient (Wildman–Crippen LogP) is 4.16. The molecule has 0 spiro atoms. The highest BCUT2D eigenvalue weighted by Gasteiger charge is 2.07. The molecule has 2 nitrogen and oxygen atoms in total. The molecule has 0 heterocycles. The van der Waals surface area contributed by atoms with Crippen molar-refractivity contribution in [1.82, 2.24) is 0 Å². The van der Waals surface area contributed by atoms with Crippen LogP contribution in [-0.4, -0.2) is 11.4 Å². The maximum absolute atomic E-state index is 14.0. The smallest absolute Gasteiger partial charge is 0.153 e. The second-order valence-corrected chi connectivity index (χ2v) is 4.57. The average Bonchev–Trinajstić information content (AvgIpc) is 2.48. The summed E-state index contributed by atoms with van der Waals surface area (Å²) in [5.41, 5.74) is 1.93. The van der Waals surface area contributed by atoms with E-state index in [1.807, 2.05) is 6.07 Å². The van der Waals surface area contributed by atoms with E-state index < -0.39 is 5.82 Å². The van der Waals surface area contributed by atoms with Gasteiger partial charge < -0.3 is 5.11 Å². The Kier molecular flexibility index (Phi) is 2.95. The van der Waals surface area contributed by atoms with Gasteiger partial charge in [-0.3, -0.25) is 4.79 Å². The Labute approximate surface area is 115 Å². The molecule has 0 aliphatic carbocycles. The highest BCUT2D eigenvalue weighted by Crippen LogP contribution is 2.28. The number of fused-ring (bicyclic) bond motifs is 1. The van der Waals surface area contributed by atoms with Crippen LogP contribution in [0, 0.1) is 5.82 Å².